The standard InChI is InChI=1S/C21H22ClN3O5S2/c1-30-11-3-10-25-20(27)17-9-6-15(22)12-18(17)23-21(25)31-13-19(26)14-4-7-16(8-5-14)24-32(2,28)29/h4-9,12,24H,3,10-11,13H2,1-2H3. The molecule has 0 fully saturated rings. The first-order valence-corrected chi connectivity index (χ1v) is 12.9. The Bertz CT molecular complexity index is 1290. The van der Waals surface area contributed by atoms with Crippen molar-refractivity contribution in [2.75, 3.05) is 30.4 Å². The lowest BCUT2D eigenvalue weighted by Crippen LogP contribution is -2.24. The molecule has 0 atom stereocenters. The highest BCUT2D eigenvalue weighted by atomic mass is 35.5. The molecule has 11 heteroatoms. The largest absolute Gasteiger partial charge is 0.385 e. The molecule has 1 aromatic heterocycles. The number of ketones is 1. The number of nitrogens with one attached hydrogen (secondary N) is 1. The molecule has 3 aromatic rings. The summed E-state index contributed by atoms with van der Waals surface area (Å²) in [5, 5.41) is 1.34. The van der Waals surface area contributed by atoms with Crippen molar-refractivity contribution in [2.45, 2.75) is 18.1 Å². The molecule has 0 bridgehead atoms. The van der Waals surface area contributed by atoms with Gasteiger partial charge in [-0.2, -0.15) is 0 Å². The lowest BCUT2D eigenvalue weighted by atomic mass is 10.1. The fourth-order valence-corrected chi connectivity index (χ4v) is 4.65. The van der Waals surface area contributed by atoms with Crippen molar-refractivity contribution in [3.63, 3.8) is 0 Å². The van der Waals surface area contributed by atoms with Gasteiger partial charge in [0.2, 0.25) is 10.0 Å². The Morgan fingerprint density at radius 1 is 1.22 bits per heavy atom. The molecular formula is C21H22ClN3O5S2. The predicted octanol–water partition coefficient (Wildman–Crippen LogP) is 3.43. The van der Waals surface area contributed by atoms with E-state index in [0.717, 1.165) is 18.0 Å². The second-order valence-electron chi connectivity index (χ2n) is 7.02. The van der Waals surface area contributed by atoms with Gasteiger partial charge in [-0.25, -0.2) is 13.4 Å². The quantitative estimate of drug-likeness (QED) is 0.199. The lowest BCUT2D eigenvalue weighted by Gasteiger charge is -2.13. The normalized spacial score (nSPS) is 11.6. The molecule has 0 saturated carbocycles. The first kappa shape index (κ1) is 24.2. The number of methoxy groups -OCH3 is 1. The Balaban J connectivity index is 1.83. The number of ether oxygens (including phenoxy) is 1. The van der Waals surface area contributed by atoms with E-state index in [4.69, 9.17) is 16.3 Å². The average Bonchev–Trinajstić information content (AvgIpc) is 2.73. The minimum Gasteiger partial charge on any atom is -0.385 e. The van der Waals surface area contributed by atoms with Gasteiger partial charge >= 0.3 is 0 Å². The van der Waals surface area contributed by atoms with Crippen LogP contribution in [0.4, 0.5) is 5.69 Å². The molecule has 32 heavy (non-hydrogen) atoms. The second-order valence-corrected chi connectivity index (χ2v) is 10.1. The molecule has 170 valence electrons. The van der Waals surface area contributed by atoms with E-state index in [1.54, 1.807) is 42.0 Å². The van der Waals surface area contributed by atoms with Gasteiger partial charge in [0.15, 0.2) is 10.9 Å². The van der Waals surface area contributed by atoms with Crippen LogP contribution >= 0.6 is 23.4 Å². The molecule has 0 saturated heterocycles. The minimum absolute atomic E-state index is 0.0572. The van der Waals surface area contributed by atoms with Crippen LogP contribution in [0.2, 0.25) is 5.02 Å². The van der Waals surface area contributed by atoms with Gasteiger partial charge < -0.3 is 4.74 Å². The number of sulfonamides is 1. The zero-order chi connectivity index (χ0) is 23.3. The smallest absolute Gasteiger partial charge is 0.262 e. The van der Waals surface area contributed by atoms with E-state index in [0.29, 0.717) is 51.9 Å². The van der Waals surface area contributed by atoms with Crippen LogP contribution in [0.1, 0.15) is 16.8 Å². The first-order chi connectivity index (χ1) is 15.2. The van der Waals surface area contributed by atoms with E-state index in [-0.39, 0.29) is 17.1 Å². The van der Waals surface area contributed by atoms with Crippen LogP contribution in [0.15, 0.2) is 52.4 Å². The number of thioether (sulfide) groups is 1. The fraction of sp³-hybridized carbons (Fsp3) is 0.286. The molecule has 8 nitrogen and oxygen atoms in total. The Hall–Kier alpha value is -2.40. The molecule has 0 amide bonds. The van der Waals surface area contributed by atoms with Gasteiger partial charge in [0, 0.05) is 36.5 Å². The molecular weight excluding hydrogens is 474 g/mol. The summed E-state index contributed by atoms with van der Waals surface area (Å²) in [6.45, 7) is 0.891. The summed E-state index contributed by atoms with van der Waals surface area (Å²) >= 11 is 7.22. The van der Waals surface area contributed by atoms with E-state index in [2.05, 4.69) is 9.71 Å². The molecule has 1 N–H and O–H groups in total. The zero-order valence-corrected chi connectivity index (χ0v) is 19.9. The van der Waals surface area contributed by atoms with Crippen molar-refractivity contribution in [1.29, 1.82) is 0 Å². The molecule has 0 unspecified atom stereocenters. The van der Waals surface area contributed by atoms with Crippen LogP contribution < -0.4 is 10.3 Å². The Kier molecular flexibility index (Phi) is 7.94. The summed E-state index contributed by atoms with van der Waals surface area (Å²) in [4.78, 5) is 30.2. The van der Waals surface area contributed by atoms with Crippen molar-refractivity contribution in [3.05, 3.63) is 63.4 Å². The van der Waals surface area contributed by atoms with Gasteiger partial charge in [-0.3, -0.25) is 18.9 Å². The van der Waals surface area contributed by atoms with Gasteiger partial charge in [0.05, 0.1) is 22.9 Å². The van der Waals surface area contributed by atoms with Gasteiger partial charge in [0.1, 0.15) is 0 Å². The first-order valence-electron chi connectivity index (χ1n) is 9.61. The SMILES string of the molecule is COCCCn1c(SCC(=O)c2ccc(NS(C)(=O)=O)cc2)nc2cc(Cl)ccc2c1=O. The topological polar surface area (TPSA) is 107 Å². The average molecular weight is 496 g/mol. The third-order valence-electron chi connectivity index (χ3n) is 4.46. The van der Waals surface area contributed by atoms with Crippen molar-refractivity contribution in [2.24, 2.45) is 0 Å². The third kappa shape index (κ3) is 6.32. The number of fused-ring (bicyclic) bond motifs is 1. The predicted molar refractivity (Wildman–Crippen MR) is 127 cm³/mol. The molecule has 0 aliphatic carbocycles. The molecule has 0 aliphatic rings. The van der Waals surface area contributed by atoms with Crippen LogP contribution in [0.5, 0.6) is 0 Å². The number of Topliss-reactive ketones (excluding diaryl/α,β-unsaturated/α-hetero) is 1. The monoisotopic (exact) mass is 495 g/mol. The molecule has 0 aliphatic heterocycles. The van der Waals surface area contributed by atoms with Crippen LogP contribution in [0.25, 0.3) is 10.9 Å². The molecule has 0 spiro atoms. The van der Waals surface area contributed by atoms with E-state index >= 15 is 0 Å². The number of halogens is 1. The maximum absolute atomic E-state index is 13.0. The van der Waals surface area contributed by atoms with Crippen molar-refractivity contribution in [3.8, 4) is 0 Å². The van der Waals surface area contributed by atoms with E-state index < -0.39 is 10.0 Å². The fourth-order valence-electron chi connectivity index (χ4n) is 3.00. The Labute approximate surface area is 195 Å². The number of rotatable bonds is 10. The molecule has 1 heterocycles. The van der Waals surface area contributed by atoms with Crippen LogP contribution in [-0.2, 0) is 21.3 Å². The number of aromatic nitrogens is 2. The number of hydrogen-bond acceptors (Lipinski definition) is 7. The van der Waals surface area contributed by atoms with Crippen molar-refractivity contribution in [1.82, 2.24) is 9.55 Å². The number of carbonyl (C=O) groups is 1. The summed E-state index contributed by atoms with van der Waals surface area (Å²) in [6, 6.07) is 11.1. The highest BCUT2D eigenvalue weighted by Gasteiger charge is 2.15. The molecule has 0 radical (unpaired) electrons. The maximum atomic E-state index is 13.0. The van der Waals surface area contributed by atoms with Crippen molar-refractivity contribution < 1.29 is 17.9 Å². The lowest BCUT2D eigenvalue weighted by molar-refractivity contribution is 0.102. The highest BCUT2D eigenvalue weighted by Crippen LogP contribution is 2.22. The Morgan fingerprint density at radius 3 is 2.59 bits per heavy atom. The van der Waals surface area contributed by atoms with E-state index in [9.17, 15) is 18.0 Å². The summed E-state index contributed by atoms with van der Waals surface area (Å²) in [7, 11) is -1.80. The van der Waals surface area contributed by atoms with Crippen LogP contribution in [-0.4, -0.2) is 49.5 Å². The zero-order valence-electron chi connectivity index (χ0n) is 17.5. The maximum Gasteiger partial charge on any atom is 0.262 e. The number of anilines is 1. The molecule has 3 rings (SSSR count). The summed E-state index contributed by atoms with van der Waals surface area (Å²) < 4.78 is 31.6. The number of hydrogen-bond donors (Lipinski definition) is 1. The van der Waals surface area contributed by atoms with Gasteiger partial charge in [-0.1, -0.05) is 23.4 Å². The van der Waals surface area contributed by atoms with Gasteiger partial charge in [0.25, 0.3) is 5.56 Å². The van der Waals surface area contributed by atoms with Gasteiger partial charge in [-0.05, 0) is 48.9 Å². The number of benzene rings is 2. The molecule has 2 aromatic carbocycles. The number of carbonyl (C=O) groups excluding carboxylic acids is 1. The van der Waals surface area contributed by atoms with Crippen molar-refractivity contribution >= 4 is 55.8 Å². The summed E-state index contributed by atoms with van der Waals surface area (Å²) in [5.41, 5.74) is 1.07. The van der Waals surface area contributed by atoms with Gasteiger partial charge in [-0.15, -0.1) is 0 Å². The summed E-state index contributed by atoms with van der Waals surface area (Å²) in [5.74, 6) is -0.119. The third-order valence-corrected chi connectivity index (χ3v) is 6.27. The van der Waals surface area contributed by atoms with Crippen LogP contribution in [0.3, 0.4) is 0 Å². The Morgan fingerprint density at radius 2 is 1.94 bits per heavy atom. The number of nitrogens with zero attached hydrogens (tertiary/aromatic N) is 2. The minimum atomic E-state index is -3.39. The van der Waals surface area contributed by atoms with Crippen LogP contribution in [0, 0.1) is 0 Å². The van der Waals surface area contributed by atoms with E-state index in [1.165, 1.54) is 12.1 Å². The summed E-state index contributed by atoms with van der Waals surface area (Å²) in [6.07, 6.45) is 1.67. The second kappa shape index (κ2) is 10.5. The highest BCUT2D eigenvalue weighted by molar-refractivity contribution is 7.99. The van der Waals surface area contributed by atoms with E-state index in [1.807, 2.05) is 0 Å².